The number of nitrogens with zero attached hydrogens (tertiary/aromatic N) is 8. The molecule has 53 heavy (non-hydrogen) atoms. The second-order valence-corrected chi connectivity index (χ2v) is 14.4. The van der Waals surface area contributed by atoms with E-state index in [4.69, 9.17) is 21.9 Å². The molecule has 4 aromatic heterocycles. The molecule has 4 heterocycles. The quantitative estimate of drug-likeness (QED) is 0.0891. The summed E-state index contributed by atoms with van der Waals surface area (Å²) in [4.78, 5) is 0. The molecule has 0 spiro atoms. The maximum Gasteiger partial charge on any atom is 0.127 e. The average Bonchev–Trinajstić information content (AvgIpc) is 4.02. The number of hydrogen-bond acceptors (Lipinski definition) is 9. The summed E-state index contributed by atoms with van der Waals surface area (Å²) in [5, 5.41) is 63.4. The molecule has 0 radical (unpaired) electrons. The third-order valence-electron chi connectivity index (χ3n) is 12.7. The van der Waals surface area contributed by atoms with Crippen LogP contribution in [0.25, 0.3) is 44.1 Å². The first kappa shape index (κ1) is 32.6. The fraction of sp³-hybridized carbons (Fsp3) is 0.250. The Morgan fingerprint density at radius 3 is 1.45 bits per heavy atom. The minimum atomic E-state index is -1.88. The Hall–Kier alpha value is -6.34. The highest BCUT2D eigenvalue weighted by atomic mass is 16.3. The molecule has 0 amide bonds. The van der Waals surface area contributed by atoms with E-state index in [1.807, 2.05) is 67.6 Å². The summed E-state index contributed by atoms with van der Waals surface area (Å²) >= 11 is 0. The lowest BCUT2D eigenvalue weighted by molar-refractivity contribution is -0.0614. The van der Waals surface area contributed by atoms with Crippen LogP contribution in [0.3, 0.4) is 0 Å². The van der Waals surface area contributed by atoms with E-state index in [0.29, 0.717) is 72.8 Å². The minimum absolute atomic E-state index is 0.526. The van der Waals surface area contributed by atoms with E-state index in [2.05, 4.69) is 92.8 Å². The molecule has 4 unspecified atom stereocenters. The van der Waals surface area contributed by atoms with Crippen molar-refractivity contribution in [2.75, 3.05) is 0 Å². The van der Waals surface area contributed by atoms with Gasteiger partial charge in [0.05, 0.1) is 5.41 Å². The van der Waals surface area contributed by atoms with Gasteiger partial charge in [0.2, 0.25) is 0 Å². The number of aromatic nitrogens is 12. The second-order valence-electron chi connectivity index (χ2n) is 14.4. The number of fused-ring (bicyclic) bond motifs is 4. The van der Waals surface area contributed by atoms with Crippen molar-refractivity contribution in [3.8, 4) is 0 Å². The highest BCUT2D eigenvalue weighted by molar-refractivity contribution is 5.90. The maximum atomic E-state index is 14.8. The predicted molar refractivity (Wildman–Crippen MR) is 203 cm³/mol. The molecule has 13 nitrogen and oxygen atoms in total. The van der Waals surface area contributed by atoms with Crippen molar-refractivity contribution in [2.24, 2.45) is 0 Å². The number of H-pyrrole nitrogens is 4. The lowest BCUT2D eigenvalue weighted by atomic mass is 9.33. The highest BCUT2D eigenvalue weighted by Crippen LogP contribution is 2.73. The molecule has 0 aliphatic heterocycles. The van der Waals surface area contributed by atoms with Gasteiger partial charge in [-0.3, -0.25) is 0 Å². The molecule has 264 valence electrons. The molecular weight excluding hydrogens is 665 g/mol. The number of nitrogens with one attached hydrogen (secondary N) is 4. The number of aromatic amines is 4. The number of rotatable bonds is 7. The summed E-state index contributed by atoms with van der Waals surface area (Å²) in [5.41, 5.74) is 5.40. The van der Waals surface area contributed by atoms with Crippen molar-refractivity contribution < 1.29 is 5.11 Å². The average molecular weight is 703 g/mol. The zero-order chi connectivity index (χ0) is 36.9. The van der Waals surface area contributed by atoms with Crippen molar-refractivity contribution in [1.82, 2.24) is 61.6 Å². The van der Waals surface area contributed by atoms with Crippen LogP contribution in [0.4, 0.5) is 0 Å². The third kappa shape index (κ3) is 3.73. The topological polar surface area (TPSA) is 187 Å². The Bertz CT molecular complexity index is 2820. The van der Waals surface area contributed by atoms with Crippen LogP contribution in [0.5, 0.6) is 0 Å². The van der Waals surface area contributed by atoms with Gasteiger partial charge in [-0.05, 0) is 72.4 Å². The molecule has 13 heteroatoms. The van der Waals surface area contributed by atoms with Gasteiger partial charge >= 0.3 is 0 Å². The van der Waals surface area contributed by atoms with E-state index >= 15 is 0 Å². The van der Waals surface area contributed by atoms with Gasteiger partial charge in [0.1, 0.15) is 49.7 Å². The fourth-order valence-electron chi connectivity index (χ4n) is 9.88. The number of para-hydroxylation sites is 4. The lowest BCUT2D eigenvalue weighted by Gasteiger charge is -2.68. The Morgan fingerprint density at radius 2 is 0.962 bits per heavy atom. The molecule has 8 aromatic rings. The molecule has 0 saturated carbocycles. The molecule has 1 aliphatic carbocycles. The van der Waals surface area contributed by atoms with E-state index in [0.717, 1.165) is 22.3 Å². The summed E-state index contributed by atoms with van der Waals surface area (Å²) < 4.78 is 0. The third-order valence-corrected chi connectivity index (χ3v) is 12.7. The number of hydrogen-bond donors (Lipinski definition) is 5. The number of benzene rings is 4. The van der Waals surface area contributed by atoms with Crippen LogP contribution < -0.4 is 0 Å². The van der Waals surface area contributed by atoms with Crippen molar-refractivity contribution >= 4 is 44.1 Å². The molecular formula is C40H38N12O. The standard InChI is InChI=1S/C40H38N12O/c1-8-21(2)22(3)39(27-15-11-19-31-35(27)47-51-43-31)38(7,26-14-10-18-30-34(26)46-50-42-30)37(6,25-13-9-17-29-33(25)45-49-41-29)23(4)24(5)40(39,53)28-16-12-20-32-36(28)48-52-44-32/h9-20,53H,2-3,8H2,1,4-7H3,(H,41,45,49)(H,42,46,50)(H,43,47,51)(H,44,48,52). The van der Waals surface area contributed by atoms with Gasteiger partial charge in [0.25, 0.3) is 0 Å². The first-order valence-corrected chi connectivity index (χ1v) is 17.5. The highest BCUT2D eigenvalue weighted by Gasteiger charge is 2.75. The molecule has 4 aromatic carbocycles. The van der Waals surface area contributed by atoms with Crippen LogP contribution in [0.15, 0.2) is 108 Å². The smallest absolute Gasteiger partial charge is 0.127 e. The van der Waals surface area contributed by atoms with Crippen molar-refractivity contribution in [3.63, 3.8) is 0 Å². The van der Waals surface area contributed by atoms with Gasteiger partial charge in [-0.25, -0.2) is 0 Å². The van der Waals surface area contributed by atoms with Gasteiger partial charge in [0, 0.05) is 16.4 Å². The van der Waals surface area contributed by atoms with Crippen LogP contribution in [-0.4, -0.2) is 66.7 Å². The first-order valence-electron chi connectivity index (χ1n) is 17.5. The van der Waals surface area contributed by atoms with Crippen LogP contribution in [-0.2, 0) is 21.8 Å². The summed E-state index contributed by atoms with van der Waals surface area (Å²) in [5.74, 6) is 0. The minimum Gasteiger partial charge on any atom is -0.379 e. The van der Waals surface area contributed by atoms with E-state index in [1.54, 1.807) is 0 Å². The fourth-order valence-corrected chi connectivity index (χ4v) is 9.88. The Morgan fingerprint density at radius 1 is 0.566 bits per heavy atom. The normalized spacial score (nSPS) is 24.9. The van der Waals surface area contributed by atoms with Crippen LogP contribution in [0.2, 0.25) is 0 Å². The van der Waals surface area contributed by atoms with Crippen LogP contribution in [0, 0.1) is 0 Å². The summed E-state index contributed by atoms with van der Waals surface area (Å²) in [6.45, 7) is 20.2. The molecule has 1 aliphatic rings. The zero-order valence-electron chi connectivity index (χ0n) is 30.1. The van der Waals surface area contributed by atoms with Crippen molar-refractivity contribution in [1.29, 1.82) is 0 Å². The molecule has 0 bridgehead atoms. The molecule has 0 fully saturated rings. The van der Waals surface area contributed by atoms with E-state index < -0.39 is 21.8 Å². The van der Waals surface area contributed by atoms with E-state index in [9.17, 15) is 5.11 Å². The Labute approximate surface area is 303 Å². The van der Waals surface area contributed by atoms with Gasteiger partial charge in [-0.1, -0.05) is 93.6 Å². The SMILES string of the molecule is C=C(CC)C(=C)C1(c2cccc3n[nH]nc23)C(O)(c2cccc3n[nH]nc23)C(C)=C(C)C(C)(c2cccc3n[nH]nc23)C1(C)c1cccc2n[nH]nc12. The Balaban J connectivity index is 1.63. The number of aliphatic hydroxyl groups is 1. The second kappa shape index (κ2) is 11.1. The van der Waals surface area contributed by atoms with Crippen LogP contribution in [0.1, 0.15) is 63.3 Å². The van der Waals surface area contributed by atoms with Gasteiger partial charge in [-0.15, -0.1) is 0 Å². The zero-order valence-corrected chi connectivity index (χ0v) is 30.1. The molecule has 5 N–H and O–H groups in total. The van der Waals surface area contributed by atoms with Gasteiger partial charge in [0.15, 0.2) is 0 Å². The number of allylic oxidation sites excluding steroid dienone is 2. The van der Waals surface area contributed by atoms with E-state index in [-0.39, 0.29) is 0 Å². The predicted octanol–water partition coefficient (Wildman–Crippen LogP) is 6.69. The molecule has 9 rings (SSSR count). The Kier molecular flexibility index (Phi) is 6.81. The summed E-state index contributed by atoms with van der Waals surface area (Å²) in [6, 6.07) is 23.6. The lowest BCUT2D eigenvalue weighted by Crippen LogP contribution is -2.72. The molecule has 4 atom stereocenters. The molecule has 0 saturated heterocycles. The van der Waals surface area contributed by atoms with Gasteiger partial charge < -0.3 is 5.11 Å². The summed E-state index contributed by atoms with van der Waals surface area (Å²) in [6.07, 6.45) is 0.557. The van der Waals surface area contributed by atoms with Gasteiger partial charge in [-0.2, -0.15) is 61.6 Å². The monoisotopic (exact) mass is 702 g/mol. The van der Waals surface area contributed by atoms with Crippen LogP contribution >= 0.6 is 0 Å². The maximum absolute atomic E-state index is 14.8. The van der Waals surface area contributed by atoms with Crippen molar-refractivity contribution in [2.45, 2.75) is 62.9 Å². The van der Waals surface area contributed by atoms with Crippen molar-refractivity contribution in [3.05, 3.63) is 131 Å². The first-order chi connectivity index (χ1) is 25.6. The van der Waals surface area contributed by atoms with E-state index in [1.165, 1.54) is 0 Å². The largest absolute Gasteiger partial charge is 0.379 e. The summed E-state index contributed by atoms with van der Waals surface area (Å²) in [7, 11) is 0.